The number of likely N-dealkylation sites (tertiary alicyclic amines) is 2. The van der Waals surface area contributed by atoms with E-state index < -0.39 is 0 Å². The van der Waals surface area contributed by atoms with Gasteiger partial charge in [-0.15, -0.1) is 0 Å². The molecule has 3 aliphatic heterocycles. The Morgan fingerprint density at radius 3 is 2.09 bits per heavy atom. The Morgan fingerprint density at radius 1 is 0.818 bits per heavy atom. The molecule has 3 fully saturated rings. The molecule has 0 aliphatic carbocycles. The highest BCUT2D eigenvalue weighted by atomic mass is 16.2. The van der Waals surface area contributed by atoms with Crippen molar-refractivity contribution in [3.05, 3.63) is 29.8 Å². The summed E-state index contributed by atoms with van der Waals surface area (Å²) in [6, 6.07) is 6.90. The number of benzene rings is 1. The van der Waals surface area contributed by atoms with Crippen molar-refractivity contribution in [1.29, 1.82) is 0 Å². The van der Waals surface area contributed by atoms with E-state index in [2.05, 4.69) is 5.32 Å². The SMILES string of the molecule is O=C(NCC(=O)N1CCC(C(=O)N2CCCCCC2)CC1)c1ccc(N2CCCC2=O)cc1. The first-order valence-electron chi connectivity index (χ1n) is 12.3. The maximum atomic E-state index is 12.8. The first-order chi connectivity index (χ1) is 16.0. The van der Waals surface area contributed by atoms with Gasteiger partial charge in [0.15, 0.2) is 0 Å². The fraction of sp³-hybridized carbons (Fsp3) is 0.600. The summed E-state index contributed by atoms with van der Waals surface area (Å²) in [5.74, 6) is -0.0778. The maximum absolute atomic E-state index is 12.8. The van der Waals surface area contributed by atoms with Crippen molar-refractivity contribution in [2.75, 3.05) is 44.2 Å². The molecule has 0 spiro atoms. The Balaban J connectivity index is 1.21. The minimum absolute atomic E-state index is 0.00254. The third kappa shape index (κ3) is 5.72. The van der Waals surface area contributed by atoms with Crippen LogP contribution in [0, 0.1) is 5.92 Å². The van der Waals surface area contributed by atoms with Gasteiger partial charge in [-0.2, -0.15) is 0 Å². The molecule has 3 aliphatic rings. The van der Waals surface area contributed by atoms with E-state index in [0.29, 0.717) is 44.5 Å². The van der Waals surface area contributed by atoms with Crippen LogP contribution in [0.15, 0.2) is 24.3 Å². The molecule has 0 radical (unpaired) electrons. The minimum atomic E-state index is -0.311. The first kappa shape index (κ1) is 23.3. The summed E-state index contributed by atoms with van der Waals surface area (Å²) in [5, 5.41) is 2.70. The van der Waals surface area contributed by atoms with E-state index in [-0.39, 0.29) is 36.1 Å². The van der Waals surface area contributed by atoms with Gasteiger partial charge < -0.3 is 20.0 Å². The van der Waals surface area contributed by atoms with Crippen molar-refractivity contribution in [2.24, 2.45) is 5.92 Å². The molecule has 33 heavy (non-hydrogen) atoms. The van der Waals surface area contributed by atoms with Crippen LogP contribution in [-0.4, -0.2) is 72.7 Å². The molecule has 0 atom stereocenters. The summed E-state index contributed by atoms with van der Waals surface area (Å²) in [6.45, 7) is 3.48. The number of piperidine rings is 1. The highest BCUT2D eigenvalue weighted by Gasteiger charge is 2.30. The second-order valence-corrected chi connectivity index (χ2v) is 9.27. The molecule has 3 heterocycles. The minimum Gasteiger partial charge on any atom is -0.343 e. The highest BCUT2D eigenvalue weighted by Crippen LogP contribution is 2.23. The number of carbonyl (C=O) groups excluding carboxylic acids is 4. The second-order valence-electron chi connectivity index (χ2n) is 9.27. The summed E-state index contributed by atoms with van der Waals surface area (Å²) in [5.41, 5.74) is 1.25. The van der Waals surface area contributed by atoms with Crippen molar-refractivity contribution < 1.29 is 19.2 Å². The van der Waals surface area contributed by atoms with Gasteiger partial charge in [0.25, 0.3) is 5.91 Å². The van der Waals surface area contributed by atoms with Crippen molar-refractivity contribution in [1.82, 2.24) is 15.1 Å². The predicted molar refractivity (Wildman–Crippen MR) is 125 cm³/mol. The van der Waals surface area contributed by atoms with E-state index in [1.165, 1.54) is 12.8 Å². The van der Waals surface area contributed by atoms with Gasteiger partial charge in [0, 0.05) is 56.3 Å². The summed E-state index contributed by atoms with van der Waals surface area (Å²) in [6.07, 6.45) is 7.36. The summed E-state index contributed by atoms with van der Waals surface area (Å²) in [4.78, 5) is 55.2. The van der Waals surface area contributed by atoms with Gasteiger partial charge in [-0.1, -0.05) is 12.8 Å². The molecule has 3 saturated heterocycles. The van der Waals surface area contributed by atoms with Crippen LogP contribution >= 0.6 is 0 Å². The Bertz CT molecular complexity index is 869. The predicted octanol–water partition coefficient (Wildman–Crippen LogP) is 2.18. The third-order valence-corrected chi connectivity index (χ3v) is 7.03. The molecule has 8 heteroatoms. The zero-order valence-electron chi connectivity index (χ0n) is 19.3. The molecular weight excluding hydrogens is 420 g/mol. The molecule has 0 unspecified atom stereocenters. The summed E-state index contributed by atoms with van der Waals surface area (Å²) in [7, 11) is 0. The van der Waals surface area contributed by atoms with Crippen LogP contribution in [-0.2, 0) is 14.4 Å². The molecular formula is C25H34N4O4. The van der Waals surface area contributed by atoms with E-state index >= 15 is 0 Å². The monoisotopic (exact) mass is 454 g/mol. The lowest BCUT2D eigenvalue weighted by Gasteiger charge is -2.34. The molecule has 1 aromatic rings. The lowest BCUT2D eigenvalue weighted by Crippen LogP contribution is -2.47. The fourth-order valence-electron chi connectivity index (χ4n) is 5.01. The molecule has 0 bridgehead atoms. The Labute approximate surface area is 195 Å². The van der Waals surface area contributed by atoms with Crippen molar-refractivity contribution in [2.45, 2.75) is 51.4 Å². The van der Waals surface area contributed by atoms with E-state index in [0.717, 1.165) is 38.0 Å². The molecule has 4 amide bonds. The lowest BCUT2D eigenvalue weighted by molar-refractivity contribution is -0.140. The van der Waals surface area contributed by atoms with Gasteiger partial charge in [0.2, 0.25) is 17.7 Å². The third-order valence-electron chi connectivity index (χ3n) is 7.03. The Morgan fingerprint density at radius 2 is 1.48 bits per heavy atom. The normalized spacial score (nSPS) is 20.0. The quantitative estimate of drug-likeness (QED) is 0.739. The molecule has 0 saturated carbocycles. The van der Waals surface area contributed by atoms with Crippen LogP contribution in [0.3, 0.4) is 0 Å². The Hall–Kier alpha value is -2.90. The number of hydrogen-bond acceptors (Lipinski definition) is 4. The fourth-order valence-corrected chi connectivity index (χ4v) is 5.01. The molecule has 8 nitrogen and oxygen atoms in total. The maximum Gasteiger partial charge on any atom is 0.251 e. The van der Waals surface area contributed by atoms with E-state index in [1.54, 1.807) is 34.1 Å². The smallest absolute Gasteiger partial charge is 0.251 e. The lowest BCUT2D eigenvalue weighted by atomic mass is 9.95. The van der Waals surface area contributed by atoms with Crippen molar-refractivity contribution in [3.8, 4) is 0 Å². The van der Waals surface area contributed by atoms with E-state index in [9.17, 15) is 19.2 Å². The van der Waals surface area contributed by atoms with Crippen LogP contribution < -0.4 is 10.2 Å². The number of nitrogens with zero attached hydrogens (tertiary/aromatic N) is 3. The van der Waals surface area contributed by atoms with Crippen LogP contribution in [0.5, 0.6) is 0 Å². The zero-order valence-corrected chi connectivity index (χ0v) is 19.3. The van der Waals surface area contributed by atoms with Crippen LogP contribution in [0.4, 0.5) is 5.69 Å². The average molecular weight is 455 g/mol. The standard InChI is InChI=1S/C25H34N4O4/c30-22-6-5-15-29(22)21-9-7-19(8-10-21)24(32)26-18-23(31)27-16-11-20(12-17-27)25(33)28-13-3-1-2-4-14-28/h7-10,20H,1-6,11-18H2,(H,26,32). The van der Waals surface area contributed by atoms with Gasteiger partial charge >= 0.3 is 0 Å². The molecule has 0 aromatic heterocycles. The van der Waals surface area contributed by atoms with E-state index in [1.807, 2.05) is 4.90 Å². The van der Waals surface area contributed by atoms with Crippen LogP contribution in [0.1, 0.15) is 61.7 Å². The molecule has 1 N–H and O–H groups in total. The first-order valence-corrected chi connectivity index (χ1v) is 12.3. The average Bonchev–Trinajstić information content (AvgIpc) is 3.10. The van der Waals surface area contributed by atoms with Gasteiger partial charge in [0.05, 0.1) is 6.54 Å². The number of nitrogens with one attached hydrogen (secondary N) is 1. The van der Waals surface area contributed by atoms with Gasteiger partial charge in [-0.3, -0.25) is 19.2 Å². The van der Waals surface area contributed by atoms with E-state index in [4.69, 9.17) is 0 Å². The number of hydrogen-bond donors (Lipinski definition) is 1. The molecule has 4 rings (SSSR count). The van der Waals surface area contributed by atoms with Crippen molar-refractivity contribution >= 4 is 29.3 Å². The topological polar surface area (TPSA) is 90.0 Å². The number of rotatable bonds is 5. The van der Waals surface area contributed by atoms with Crippen molar-refractivity contribution in [3.63, 3.8) is 0 Å². The Kier molecular flexibility index (Phi) is 7.62. The largest absolute Gasteiger partial charge is 0.343 e. The number of amides is 4. The zero-order chi connectivity index (χ0) is 23.2. The molecule has 1 aromatic carbocycles. The second kappa shape index (κ2) is 10.8. The van der Waals surface area contributed by atoms with Gasteiger partial charge in [-0.25, -0.2) is 0 Å². The van der Waals surface area contributed by atoms with Gasteiger partial charge in [0.1, 0.15) is 0 Å². The van der Waals surface area contributed by atoms with Crippen LogP contribution in [0.25, 0.3) is 0 Å². The van der Waals surface area contributed by atoms with Crippen LogP contribution in [0.2, 0.25) is 0 Å². The number of carbonyl (C=O) groups is 4. The number of anilines is 1. The highest BCUT2D eigenvalue weighted by molar-refractivity contribution is 5.98. The summed E-state index contributed by atoms with van der Waals surface area (Å²) >= 11 is 0. The van der Waals surface area contributed by atoms with Gasteiger partial charge in [-0.05, 0) is 56.4 Å². The summed E-state index contributed by atoms with van der Waals surface area (Å²) < 4.78 is 0. The molecule has 178 valence electrons.